The van der Waals surface area contributed by atoms with E-state index < -0.39 is 18.0 Å². The zero-order valence-electron chi connectivity index (χ0n) is 10.3. The molecule has 1 aliphatic rings. The molecule has 0 aromatic rings. The van der Waals surface area contributed by atoms with E-state index in [0.717, 1.165) is 0 Å². The van der Waals surface area contributed by atoms with E-state index >= 15 is 0 Å². The number of rotatable bonds is 4. The van der Waals surface area contributed by atoms with Crippen LogP contribution in [0.15, 0.2) is 0 Å². The molecule has 0 aromatic heterocycles. The highest BCUT2D eigenvalue weighted by Gasteiger charge is 2.43. The molecule has 0 spiro atoms. The molecule has 0 saturated heterocycles. The predicted molar refractivity (Wildman–Crippen MR) is 65.7 cm³/mol. The highest BCUT2D eigenvalue weighted by Crippen LogP contribution is 2.39. The molecule has 1 rings (SSSR count). The van der Waals surface area contributed by atoms with Gasteiger partial charge in [-0.05, 0) is 26.3 Å². The van der Waals surface area contributed by atoms with Gasteiger partial charge in [-0.15, -0.1) is 12.4 Å². The predicted octanol–water partition coefficient (Wildman–Crippen LogP) is 2.11. The summed E-state index contributed by atoms with van der Waals surface area (Å²) in [6.45, 7) is 1.09. The average molecular weight is 289 g/mol. The molecule has 18 heavy (non-hydrogen) atoms. The maximum atomic E-state index is 12.5. The Balaban J connectivity index is 0.00000289. The van der Waals surface area contributed by atoms with E-state index in [0.29, 0.717) is 25.9 Å². The summed E-state index contributed by atoms with van der Waals surface area (Å²) in [7, 11) is 1.76. The molecule has 108 valence electrons. The number of hydrogen-bond acceptors (Lipinski definition) is 2. The smallest absolute Gasteiger partial charge is 0.355 e. The second kappa shape index (κ2) is 7.84. The SMILES string of the molecule is CNCCNC(=O)C1CCCC(C(F)(F)F)C1.Cl. The molecule has 1 saturated carbocycles. The Morgan fingerprint density at radius 2 is 1.94 bits per heavy atom. The lowest BCUT2D eigenvalue weighted by molar-refractivity contribution is -0.186. The highest BCUT2D eigenvalue weighted by atomic mass is 35.5. The number of likely N-dealkylation sites (N-methyl/N-ethyl adjacent to an activating group) is 1. The van der Waals surface area contributed by atoms with Gasteiger partial charge in [0.25, 0.3) is 0 Å². The van der Waals surface area contributed by atoms with Gasteiger partial charge in [0.15, 0.2) is 0 Å². The van der Waals surface area contributed by atoms with Crippen molar-refractivity contribution in [3.63, 3.8) is 0 Å². The first kappa shape index (κ1) is 17.5. The van der Waals surface area contributed by atoms with Gasteiger partial charge in [-0.1, -0.05) is 6.42 Å². The summed E-state index contributed by atoms with van der Waals surface area (Å²) < 4.78 is 37.6. The van der Waals surface area contributed by atoms with Gasteiger partial charge in [0, 0.05) is 19.0 Å². The van der Waals surface area contributed by atoms with Gasteiger partial charge >= 0.3 is 6.18 Å². The lowest BCUT2D eigenvalue weighted by atomic mass is 9.80. The van der Waals surface area contributed by atoms with Gasteiger partial charge in [0.1, 0.15) is 0 Å². The Kier molecular flexibility index (Phi) is 7.62. The lowest BCUT2D eigenvalue weighted by Gasteiger charge is -2.29. The van der Waals surface area contributed by atoms with E-state index in [9.17, 15) is 18.0 Å². The van der Waals surface area contributed by atoms with Crippen molar-refractivity contribution in [1.29, 1.82) is 0 Å². The van der Waals surface area contributed by atoms with Crippen LogP contribution >= 0.6 is 12.4 Å². The monoisotopic (exact) mass is 288 g/mol. The van der Waals surface area contributed by atoms with Crippen LogP contribution in [-0.4, -0.2) is 32.2 Å². The maximum Gasteiger partial charge on any atom is 0.391 e. The number of carbonyl (C=O) groups excluding carboxylic acids is 1. The summed E-state index contributed by atoms with van der Waals surface area (Å²) in [5, 5.41) is 5.52. The third-order valence-electron chi connectivity index (χ3n) is 3.18. The fraction of sp³-hybridized carbons (Fsp3) is 0.909. The number of carbonyl (C=O) groups is 1. The van der Waals surface area contributed by atoms with Crippen LogP contribution < -0.4 is 10.6 Å². The van der Waals surface area contributed by atoms with Gasteiger partial charge in [0.2, 0.25) is 5.91 Å². The van der Waals surface area contributed by atoms with Crippen molar-refractivity contribution in [3.05, 3.63) is 0 Å². The van der Waals surface area contributed by atoms with Crippen molar-refractivity contribution in [3.8, 4) is 0 Å². The Labute approximate surface area is 111 Å². The molecule has 1 fully saturated rings. The van der Waals surface area contributed by atoms with Crippen molar-refractivity contribution in [2.75, 3.05) is 20.1 Å². The summed E-state index contributed by atoms with van der Waals surface area (Å²) >= 11 is 0. The number of alkyl halides is 3. The van der Waals surface area contributed by atoms with Crippen LogP contribution in [-0.2, 0) is 4.79 Å². The summed E-state index contributed by atoms with van der Waals surface area (Å²) in [5.74, 6) is -2.03. The van der Waals surface area contributed by atoms with Crippen LogP contribution in [0.3, 0.4) is 0 Å². The van der Waals surface area contributed by atoms with Gasteiger partial charge < -0.3 is 10.6 Å². The first-order valence-corrected chi connectivity index (χ1v) is 5.94. The Hall–Kier alpha value is -0.490. The standard InChI is InChI=1S/C11H19F3N2O.ClH/c1-15-5-6-16-10(17)8-3-2-4-9(7-8)11(12,13)14;/h8-9,15H,2-7H2,1H3,(H,16,17);1H. The zero-order chi connectivity index (χ0) is 12.9. The van der Waals surface area contributed by atoms with Crippen LogP contribution in [0.2, 0.25) is 0 Å². The van der Waals surface area contributed by atoms with E-state index in [1.165, 1.54) is 0 Å². The Morgan fingerprint density at radius 1 is 1.28 bits per heavy atom. The van der Waals surface area contributed by atoms with Crippen molar-refractivity contribution in [1.82, 2.24) is 10.6 Å². The molecule has 0 aromatic carbocycles. The number of amides is 1. The van der Waals surface area contributed by atoms with Gasteiger partial charge in [-0.2, -0.15) is 13.2 Å². The Morgan fingerprint density at radius 3 is 2.50 bits per heavy atom. The second-order valence-electron chi connectivity index (χ2n) is 4.50. The van der Waals surface area contributed by atoms with Gasteiger partial charge in [-0.25, -0.2) is 0 Å². The molecule has 2 unspecified atom stereocenters. The largest absolute Gasteiger partial charge is 0.391 e. The fourth-order valence-corrected chi connectivity index (χ4v) is 2.18. The summed E-state index contributed by atoms with van der Waals surface area (Å²) in [5.41, 5.74) is 0. The number of nitrogens with one attached hydrogen (secondary N) is 2. The molecule has 3 nitrogen and oxygen atoms in total. The van der Waals surface area contributed by atoms with Crippen molar-refractivity contribution in [2.45, 2.75) is 31.9 Å². The molecule has 2 atom stereocenters. The van der Waals surface area contributed by atoms with Crippen LogP contribution in [0.4, 0.5) is 13.2 Å². The first-order chi connectivity index (χ1) is 7.95. The van der Waals surface area contributed by atoms with Crippen molar-refractivity contribution in [2.24, 2.45) is 11.8 Å². The van der Waals surface area contributed by atoms with Gasteiger partial charge in [-0.3, -0.25) is 4.79 Å². The van der Waals surface area contributed by atoms with Crippen molar-refractivity contribution < 1.29 is 18.0 Å². The Bertz CT molecular complexity index is 261. The van der Waals surface area contributed by atoms with Gasteiger partial charge in [0.05, 0.1) is 5.92 Å². The zero-order valence-corrected chi connectivity index (χ0v) is 11.2. The topological polar surface area (TPSA) is 41.1 Å². The quantitative estimate of drug-likeness (QED) is 0.778. The molecule has 1 amide bonds. The van der Waals surface area contributed by atoms with Crippen LogP contribution in [0, 0.1) is 11.8 Å². The fourth-order valence-electron chi connectivity index (χ4n) is 2.18. The molecule has 0 radical (unpaired) electrons. The minimum atomic E-state index is -4.16. The maximum absolute atomic E-state index is 12.5. The average Bonchev–Trinajstić information content (AvgIpc) is 2.28. The van der Waals surface area contributed by atoms with E-state index in [1.807, 2.05) is 0 Å². The van der Waals surface area contributed by atoms with E-state index in [2.05, 4.69) is 10.6 Å². The molecule has 7 heteroatoms. The van der Waals surface area contributed by atoms with Crippen LogP contribution in [0.5, 0.6) is 0 Å². The highest BCUT2D eigenvalue weighted by molar-refractivity contribution is 5.85. The molecular weight excluding hydrogens is 269 g/mol. The third-order valence-corrected chi connectivity index (χ3v) is 3.18. The minimum Gasteiger partial charge on any atom is -0.355 e. The second-order valence-corrected chi connectivity index (χ2v) is 4.50. The number of halogens is 4. The third kappa shape index (κ3) is 5.44. The lowest BCUT2D eigenvalue weighted by Crippen LogP contribution is -2.39. The van der Waals surface area contributed by atoms with Crippen LogP contribution in [0.25, 0.3) is 0 Å². The summed E-state index contributed by atoms with van der Waals surface area (Å²) in [4.78, 5) is 11.6. The molecule has 1 aliphatic carbocycles. The van der Waals surface area contributed by atoms with E-state index in [1.54, 1.807) is 7.05 Å². The van der Waals surface area contributed by atoms with E-state index in [4.69, 9.17) is 0 Å². The molecule has 2 N–H and O–H groups in total. The van der Waals surface area contributed by atoms with E-state index in [-0.39, 0.29) is 31.2 Å². The molecule has 0 aliphatic heterocycles. The molecule has 0 heterocycles. The van der Waals surface area contributed by atoms with Crippen LogP contribution in [0.1, 0.15) is 25.7 Å². The summed E-state index contributed by atoms with van der Waals surface area (Å²) in [6.07, 6.45) is -3.02. The first-order valence-electron chi connectivity index (χ1n) is 5.94. The number of hydrogen-bond donors (Lipinski definition) is 2. The molecule has 0 bridgehead atoms. The summed E-state index contributed by atoms with van der Waals surface area (Å²) in [6, 6.07) is 0. The molecular formula is C11H20ClF3N2O. The van der Waals surface area contributed by atoms with Crippen molar-refractivity contribution >= 4 is 18.3 Å². The normalized spacial score (nSPS) is 24.2. The minimum absolute atomic E-state index is 0.